The molecule has 0 amide bonds. The minimum atomic E-state index is -4.26. The Balaban J connectivity index is 2.22. The van der Waals surface area contributed by atoms with Crippen molar-refractivity contribution in [1.82, 2.24) is 10.2 Å². The van der Waals surface area contributed by atoms with Crippen molar-refractivity contribution in [1.29, 1.82) is 0 Å². The normalized spacial score (nSPS) is 25.6. The summed E-state index contributed by atoms with van der Waals surface area (Å²) in [7, 11) is -4.26. The van der Waals surface area contributed by atoms with Gasteiger partial charge in [-0.2, -0.15) is 8.42 Å². The molecule has 1 aromatic rings. The van der Waals surface area contributed by atoms with E-state index >= 15 is 0 Å². The van der Waals surface area contributed by atoms with E-state index in [0.717, 1.165) is 44.3 Å². The van der Waals surface area contributed by atoms with Gasteiger partial charge in [-0.15, -0.1) is 0 Å². The van der Waals surface area contributed by atoms with Gasteiger partial charge in [0.25, 0.3) is 10.1 Å². The third kappa shape index (κ3) is 2.66. The number of aryl methyl sites for hydroxylation is 1. The Morgan fingerprint density at radius 3 is 2.91 bits per heavy atom. The largest absolute Gasteiger partial charge is 0.356 e. The van der Waals surface area contributed by atoms with Crippen molar-refractivity contribution < 1.29 is 13.0 Å². The predicted octanol–water partition coefficient (Wildman–Crippen LogP) is 2.39. The standard InChI is InChI=1S/C16H22N2O3S/c1-13-6-7-15(22(19,20)21)14(12-13)16-8-3-2-4-10-18(16)11-5-9-17-16/h4,6-7,10,12,17H,2-3,5,8-9,11H2,1H3,(H,19,20,21). The van der Waals surface area contributed by atoms with Gasteiger partial charge in [-0.05, 0) is 51.4 Å². The number of nitrogens with zero attached hydrogens (tertiary/aromatic N) is 1. The molecular weight excluding hydrogens is 300 g/mol. The highest BCUT2D eigenvalue weighted by Gasteiger charge is 2.42. The third-order valence-corrected chi connectivity index (χ3v) is 5.45. The van der Waals surface area contributed by atoms with Crippen molar-refractivity contribution in [2.24, 2.45) is 0 Å². The molecule has 1 atom stereocenters. The highest BCUT2D eigenvalue weighted by molar-refractivity contribution is 7.85. The molecule has 1 saturated heterocycles. The molecule has 5 nitrogen and oxygen atoms in total. The summed E-state index contributed by atoms with van der Waals surface area (Å²) in [4.78, 5) is 2.19. The maximum Gasteiger partial charge on any atom is 0.294 e. The predicted molar refractivity (Wildman–Crippen MR) is 85.0 cm³/mol. The van der Waals surface area contributed by atoms with Crippen molar-refractivity contribution in [3.63, 3.8) is 0 Å². The molecule has 1 fully saturated rings. The van der Waals surface area contributed by atoms with Gasteiger partial charge < -0.3 is 4.90 Å². The van der Waals surface area contributed by atoms with Crippen LogP contribution in [0.15, 0.2) is 35.4 Å². The molecule has 2 aliphatic rings. The molecular formula is C16H22N2O3S. The van der Waals surface area contributed by atoms with Gasteiger partial charge in [-0.1, -0.05) is 23.8 Å². The zero-order valence-corrected chi connectivity index (χ0v) is 13.6. The quantitative estimate of drug-likeness (QED) is 0.818. The fourth-order valence-corrected chi connectivity index (χ4v) is 4.27. The summed E-state index contributed by atoms with van der Waals surface area (Å²) >= 11 is 0. The van der Waals surface area contributed by atoms with Crippen LogP contribution in [-0.2, 0) is 15.8 Å². The summed E-state index contributed by atoms with van der Waals surface area (Å²) in [5, 5.41) is 3.53. The van der Waals surface area contributed by atoms with Gasteiger partial charge in [0.05, 0.1) is 0 Å². The van der Waals surface area contributed by atoms with Gasteiger partial charge in [-0.25, -0.2) is 0 Å². The van der Waals surface area contributed by atoms with Crippen LogP contribution in [0.2, 0.25) is 0 Å². The minimum Gasteiger partial charge on any atom is -0.356 e. The maximum atomic E-state index is 11.9. The van der Waals surface area contributed by atoms with Gasteiger partial charge >= 0.3 is 0 Å². The molecule has 0 bridgehead atoms. The van der Waals surface area contributed by atoms with Crippen LogP contribution < -0.4 is 5.32 Å². The Morgan fingerprint density at radius 1 is 1.32 bits per heavy atom. The number of benzene rings is 1. The van der Waals surface area contributed by atoms with E-state index in [4.69, 9.17) is 0 Å². The first-order valence-corrected chi connectivity index (χ1v) is 9.14. The summed E-state index contributed by atoms with van der Waals surface area (Å²) in [6.45, 7) is 3.65. The molecule has 6 heteroatoms. The number of rotatable bonds is 2. The van der Waals surface area contributed by atoms with Gasteiger partial charge in [0.15, 0.2) is 0 Å². The van der Waals surface area contributed by atoms with Crippen molar-refractivity contribution in [2.75, 3.05) is 13.1 Å². The van der Waals surface area contributed by atoms with Crippen LogP contribution in [0, 0.1) is 6.92 Å². The van der Waals surface area contributed by atoms with Gasteiger partial charge in [0, 0.05) is 12.1 Å². The molecule has 22 heavy (non-hydrogen) atoms. The zero-order chi connectivity index (χ0) is 15.8. The lowest BCUT2D eigenvalue weighted by Gasteiger charge is -2.48. The van der Waals surface area contributed by atoms with Crippen LogP contribution in [0.4, 0.5) is 0 Å². The van der Waals surface area contributed by atoms with E-state index in [9.17, 15) is 13.0 Å². The van der Waals surface area contributed by atoms with Crippen molar-refractivity contribution in [2.45, 2.75) is 43.2 Å². The van der Waals surface area contributed by atoms with Crippen molar-refractivity contribution >= 4 is 10.1 Å². The molecule has 0 aliphatic carbocycles. The number of nitrogens with one attached hydrogen (secondary N) is 1. The molecule has 1 aromatic carbocycles. The SMILES string of the molecule is Cc1ccc(S(=O)(=O)O)c(C23CCCC=CN2CCCN3)c1. The maximum absolute atomic E-state index is 11.9. The number of hydrogen-bond donors (Lipinski definition) is 2. The molecule has 0 aromatic heterocycles. The molecule has 0 spiro atoms. The fourth-order valence-electron chi connectivity index (χ4n) is 3.52. The van der Waals surface area contributed by atoms with Gasteiger partial charge in [-0.3, -0.25) is 9.87 Å². The number of allylic oxidation sites excluding steroid dienone is 1. The van der Waals surface area contributed by atoms with E-state index in [1.165, 1.54) is 6.07 Å². The Kier molecular flexibility index (Phi) is 4.01. The Bertz CT molecular complexity index is 699. The van der Waals surface area contributed by atoms with Crippen molar-refractivity contribution in [3.8, 4) is 0 Å². The molecule has 0 saturated carbocycles. The number of hydrogen-bond acceptors (Lipinski definition) is 4. The molecule has 0 radical (unpaired) electrons. The van der Waals surface area contributed by atoms with E-state index in [-0.39, 0.29) is 4.90 Å². The monoisotopic (exact) mass is 322 g/mol. The fraction of sp³-hybridized carbons (Fsp3) is 0.500. The first-order valence-electron chi connectivity index (χ1n) is 7.70. The van der Waals surface area contributed by atoms with E-state index < -0.39 is 15.8 Å². The van der Waals surface area contributed by atoms with Gasteiger partial charge in [0.1, 0.15) is 10.6 Å². The molecule has 2 aliphatic heterocycles. The number of fused-ring (bicyclic) bond motifs is 1. The first-order chi connectivity index (χ1) is 10.4. The Hall–Kier alpha value is -1.37. The third-order valence-electron chi connectivity index (χ3n) is 4.54. The Labute approximate surface area is 131 Å². The average Bonchev–Trinajstić information content (AvgIpc) is 2.69. The van der Waals surface area contributed by atoms with E-state index in [2.05, 4.69) is 22.5 Å². The first kappa shape index (κ1) is 15.5. The smallest absolute Gasteiger partial charge is 0.294 e. The zero-order valence-electron chi connectivity index (χ0n) is 12.7. The lowest BCUT2D eigenvalue weighted by atomic mass is 9.89. The molecule has 1 unspecified atom stereocenters. The average molecular weight is 322 g/mol. The molecule has 2 N–H and O–H groups in total. The highest BCUT2D eigenvalue weighted by Crippen LogP contribution is 2.39. The molecule has 120 valence electrons. The minimum absolute atomic E-state index is 0.00722. The lowest BCUT2D eigenvalue weighted by Crippen LogP contribution is -2.58. The second-order valence-corrected chi connectivity index (χ2v) is 7.48. The van der Waals surface area contributed by atoms with Crippen LogP contribution in [0.5, 0.6) is 0 Å². The summed E-state index contributed by atoms with van der Waals surface area (Å²) in [6.07, 6.45) is 7.98. The summed E-state index contributed by atoms with van der Waals surface area (Å²) < 4.78 is 33.4. The van der Waals surface area contributed by atoms with Crippen LogP contribution in [0.1, 0.15) is 36.8 Å². The van der Waals surface area contributed by atoms with Crippen LogP contribution in [-0.4, -0.2) is 31.0 Å². The van der Waals surface area contributed by atoms with Crippen LogP contribution in [0.3, 0.4) is 0 Å². The highest BCUT2D eigenvalue weighted by atomic mass is 32.2. The van der Waals surface area contributed by atoms with E-state index in [1.807, 2.05) is 13.0 Å². The summed E-state index contributed by atoms with van der Waals surface area (Å²) in [6, 6.07) is 5.12. The van der Waals surface area contributed by atoms with E-state index in [1.54, 1.807) is 6.07 Å². The second kappa shape index (κ2) is 5.68. The molecule has 3 rings (SSSR count). The summed E-state index contributed by atoms with van der Waals surface area (Å²) in [5.41, 5.74) is 1.08. The van der Waals surface area contributed by atoms with E-state index in [0.29, 0.717) is 5.56 Å². The Morgan fingerprint density at radius 2 is 2.14 bits per heavy atom. The van der Waals surface area contributed by atoms with Crippen molar-refractivity contribution in [3.05, 3.63) is 41.6 Å². The van der Waals surface area contributed by atoms with Crippen LogP contribution >= 0.6 is 0 Å². The molecule has 2 heterocycles. The second-order valence-electron chi connectivity index (χ2n) is 6.09. The summed E-state index contributed by atoms with van der Waals surface area (Å²) in [5.74, 6) is 0. The van der Waals surface area contributed by atoms with Gasteiger partial charge in [0.2, 0.25) is 0 Å². The van der Waals surface area contributed by atoms with Crippen LogP contribution in [0.25, 0.3) is 0 Å². The topological polar surface area (TPSA) is 69.6 Å². The lowest BCUT2D eigenvalue weighted by molar-refractivity contribution is 0.0586.